The van der Waals surface area contributed by atoms with Gasteiger partial charge >= 0.3 is 6.39 Å². The number of hydrogen-bond acceptors (Lipinski definition) is 4. The third kappa shape index (κ3) is 1.04. The first kappa shape index (κ1) is 4.39. The molecule has 35 valence electrons. The molecule has 1 aromatic heterocycles. The number of nitrogens with zero attached hydrogens (tertiary/aromatic N) is 2. The van der Waals surface area contributed by atoms with E-state index in [-0.39, 0.29) is 0 Å². The van der Waals surface area contributed by atoms with Gasteiger partial charge < -0.3 is 4.42 Å². The first-order chi connectivity index (χ1) is 3.39. The lowest BCUT2D eigenvalue weighted by atomic mass is 11.0. The summed E-state index contributed by atoms with van der Waals surface area (Å²) in [5.74, 6) is 0. The Morgan fingerprint density at radius 2 is 2.71 bits per heavy atom. The molecule has 1 aromatic rings. The summed E-state index contributed by atoms with van der Waals surface area (Å²) in [6, 6.07) is 0. The molecule has 0 aliphatic heterocycles. The van der Waals surface area contributed by atoms with Crippen LogP contribution in [0.2, 0.25) is 0 Å². The van der Waals surface area contributed by atoms with Crippen molar-refractivity contribution in [3.63, 3.8) is 0 Å². The molecule has 0 bridgehead atoms. The molecule has 1 radical (unpaired) electrons. The van der Waals surface area contributed by atoms with Crippen LogP contribution < -0.4 is 0 Å². The maximum absolute atomic E-state index is 4.51. The van der Waals surface area contributed by atoms with Gasteiger partial charge in [0.25, 0.3) is 0 Å². The number of hydrogen-bond donors (Lipinski definition) is 0. The predicted octanol–water partition coefficient (Wildman–Crippen LogP) is 0.599. The van der Waals surface area contributed by atoms with Crippen LogP contribution in [0, 0.1) is 11.1 Å². The average Bonchev–Trinajstić information content (AvgIpc) is 1.69. The normalized spacial score (nSPS) is 8.57. The minimum absolute atomic E-state index is 0.301. The van der Waals surface area contributed by atoms with Crippen molar-refractivity contribution in [2.24, 2.45) is 0 Å². The first-order valence-electron chi connectivity index (χ1n) is 1.58. The standard InChI is InChI=1S/C3HN2OS/c7-3-1-4-5-2-6-3/h1H. The van der Waals surface area contributed by atoms with E-state index in [1.807, 2.05) is 0 Å². The first-order valence-corrected chi connectivity index (χ1v) is 1.99. The van der Waals surface area contributed by atoms with Crippen LogP contribution in [0.4, 0.5) is 0 Å². The maximum Gasteiger partial charge on any atom is 0.305 e. The van der Waals surface area contributed by atoms with E-state index in [1.54, 1.807) is 0 Å². The highest BCUT2D eigenvalue weighted by Gasteiger charge is 1.72. The second kappa shape index (κ2) is 1.79. The Labute approximate surface area is 45.0 Å². The zero-order chi connectivity index (χ0) is 5.11. The van der Waals surface area contributed by atoms with Gasteiger partial charge in [0.15, 0.2) is 0 Å². The number of aromatic nitrogens is 2. The fourth-order valence-electron chi connectivity index (χ4n) is 0.191. The van der Waals surface area contributed by atoms with Crippen LogP contribution in [0.15, 0.2) is 10.6 Å². The fourth-order valence-corrected chi connectivity index (χ4v) is 0.276. The van der Waals surface area contributed by atoms with Crippen LogP contribution in [0.5, 0.6) is 0 Å². The van der Waals surface area contributed by atoms with Crippen molar-refractivity contribution in [2.45, 2.75) is 0 Å². The van der Waals surface area contributed by atoms with Gasteiger partial charge in [0.1, 0.15) is 6.20 Å². The predicted molar refractivity (Wildman–Crippen MR) is 24.0 cm³/mol. The van der Waals surface area contributed by atoms with Gasteiger partial charge in [-0.25, -0.2) is 0 Å². The van der Waals surface area contributed by atoms with Gasteiger partial charge in [-0.3, -0.25) is 0 Å². The maximum atomic E-state index is 4.51. The Bertz CT molecular complexity index is 179. The van der Waals surface area contributed by atoms with Gasteiger partial charge in [-0.15, -0.1) is 5.10 Å². The van der Waals surface area contributed by atoms with Gasteiger partial charge in [0, 0.05) is 0 Å². The SMILES string of the molecule is S=c1cnn[c]o1. The van der Waals surface area contributed by atoms with Crippen LogP contribution in [0.1, 0.15) is 0 Å². The van der Waals surface area contributed by atoms with Crippen LogP contribution in [-0.2, 0) is 0 Å². The summed E-state index contributed by atoms with van der Waals surface area (Å²) in [5.41, 5.74) is 0. The van der Waals surface area contributed by atoms with Crippen LogP contribution in [0.25, 0.3) is 0 Å². The zero-order valence-electron chi connectivity index (χ0n) is 3.29. The van der Waals surface area contributed by atoms with Gasteiger partial charge in [-0.2, -0.15) is 5.10 Å². The van der Waals surface area contributed by atoms with Crippen molar-refractivity contribution in [1.29, 1.82) is 0 Å². The van der Waals surface area contributed by atoms with E-state index in [0.29, 0.717) is 4.71 Å². The molecule has 0 fully saturated rings. The lowest BCUT2D eigenvalue weighted by Crippen LogP contribution is -1.73. The van der Waals surface area contributed by atoms with Gasteiger partial charge in [0.2, 0.25) is 4.71 Å². The second-order valence-corrected chi connectivity index (χ2v) is 1.26. The topological polar surface area (TPSA) is 38.9 Å². The summed E-state index contributed by atoms with van der Waals surface area (Å²) in [6.07, 6.45) is 3.46. The molecule has 0 amide bonds. The molecule has 0 atom stereocenters. The van der Waals surface area contributed by atoms with Crippen molar-refractivity contribution in [1.82, 2.24) is 10.2 Å². The molecule has 3 nitrogen and oxygen atoms in total. The largest absolute Gasteiger partial charge is 0.420 e. The molecule has 0 N–H and O–H groups in total. The fraction of sp³-hybridized carbons (Fsp3) is 0. The van der Waals surface area contributed by atoms with Crippen molar-refractivity contribution >= 4 is 12.2 Å². The minimum atomic E-state index is 0.301. The van der Waals surface area contributed by atoms with E-state index in [2.05, 4.69) is 33.2 Å². The molecule has 0 aliphatic carbocycles. The van der Waals surface area contributed by atoms with Gasteiger partial charge in [-0.1, -0.05) is 0 Å². The quantitative estimate of drug-likeness (QED) is 0.462. The summed E-state index contributed by atoms with van der Waals surface area (Å²) in [5, 5.41) is 6.62. The average molecular weight is 113 g/mol. The molecule has 1 rings (SSSR count). The Balaban J connectivity index is 3.28. The van der Waals surface area contributed by atoms with E-state index >= 15 is 0 Å². The zero-order valence-corrected chi connectivity index (χ0v) is 4.10. The molecule has 0 unspecified atom stereocenters. The molecule has 4 heteroatoms. The van der Waals surface area contributed by atoms with E-state index in [9.17, 15) is 0 Å². The monoisotopic (exact) mass is 113 g/mol. The van der Waals surface area contributed by atoms with Crippen molar-refractivity contribution in [2.75, 3.05) is 0 Å². The molecular weight excluding hydrogens is 112 g/mol. The van der Waals surface area contributed by atoms with Crippen molar-refractivity contribution in [3.05, 3.63) is 17.3 Å². The van der Waals surface area contributed by atoms with E-state index in [1.165, 1.54) is 6.20 Å². The lowest BCUT2D eigenvalue weighted by Gasteiger charge is -1.71. The minimum Gasteiger partial charge on any atom is -0.420 e. The Hall–Kier alpha value is -0.770. The summed E-state index contributed by atoms with van der Waals surface area (Å²) in [4.78, 5) is 0. The van der Waals surface area contributed by atoms with Crippen LogP contribution in [0.3, 0.4) is 0 Å². The number of rotatable bonds is 0. The summed E-state index contributed by atoms with van der Waals surface area (Å²) in [7, 11) is 0. The molecule has 0 spiro atoms. The summed E-state index contributed by atoms with van der Waals surface area (Å²) < 4.78 is 4.74. The van der Waals surface area contributed by atoms with E-state index < -0.39 is 0 Å². The molecule has 0 aromatic carbocycles. The molecule has 0 saturated heterocycles. The Kier molecular flexibility index (Phi) is 1.12. The highest BCUT2D eigenvalue weighted by molar-refractivity contribution is 7.71. The Morgan fingerprint density at radius 1 is 1.86 bits per heavy atom. The van der Waals surface area contributed by atoms with Gasteiger partial charge in [0.05, 0.1) is 0 Å². The summed E-state index contributed by atoms with van der Waals surface area (Å²) in [6.45, 7) is 0. The van der Waals surface area contributed by atoms with Crippen LogP contribution >= 0.6 is 12.2 Å². The third-order valence-electron chi connectivity index (χ3n) is 0.408. The summed E-state index contributed by atoms with van der Waals surface area (Å²) >= 11 is 4.51. The molecule has 1 heterocycles. The van der Waals surface area contributed by atoms with E-state index in [0.717, 1.165) is 0 Å². The molecule has 0 aliphatic rings. The highest BCUT2D eigenvalue weighted by Crippen LogP contribution is 1.77. The van der Waals surface area contributed by atoms with E-state index in [4.69, 9.17) is 0 Å². The molecular formula is C3HN2OS. The van der Waals surface area contributed by atoms with Gasteiger partial charge in [-0.05, 0) is 12.2 Å². The third-order valence-corrected chi connectivity index (χ3v) is 0.597. The Morgan fingerprint density at radius 3 is 3.00 bits per heavy atom. The second-order valence-electron chi connectivity index (χ2n) is 0.857. The molecule has 0 saturated carbocycles. The smallest absolute Gasteiger partial charge is 0.305 e. The van der Waals surface area contributed by atoms with Crippen LogP contribution in [-0.4, -0.2) is 10.2 Å². The van der Waals surface area contributed by atoms with Crippen molar-refractivity contribution in [3.8, 4) is 0 Å². The van der Waals surface area contributed by atoms with Crippen molar-refractivity contribution < 1.29 is 4.42 Å². The lowest BCUT2D eigenvalue weighted by molar-refractivity contribution is 0.484. The highest BCUT2D eigenvalue weighted by atomic mass is 32.1. The molecule has 7 heavy (non-hydrogen) atoms.